The zero-order valence-corrected chi connectivity index (χ0v) is 13.2. The highest BCUT2D eigenvalue weighted by Gasteiger charge is 2.46. The Balaban J connectivity index is 2.93. The number of carbonyl (C=O) groups is 2. The number of hydrogen-bond donors (Lipinski definition) is 4. The van der Waals surface area contributed by atoms with Gasteiger partial charge in [0.2, 0.25) is 0 Å². The van der Waals surface area contributed by atoms with Crippen molar-refractivity contribution in [2.75, 3.05) is 0 Å². The van der Waals surface area contributed by atoms with E-state index in [4.69, 9.17) is 5.84 Å². The summed E-state index contributed by atoms with van der Waals surface area (Å²) in [6.45, 7) is 10.7. The Bertz CT molecular complexity index is 387. The third-order valence-corrected chi connectivity index (χ3v) is 5.03. The SMILES string of the molecule is CCC1(C)CC(NC(=O)C(=O)NN)C(C)C(C)(CC)N1. The van der Waals surface area contributed by atoms with Gasteiger partial charge in [0.15, 0.2) is 0 Å². The summed E-state index contributed by atoms with van der Waals surface area (Å²) >= 11 is 0. The molecule has 2 amide bonds. The Hall–Kier alpha value is -1.14. The highest BCUT2D eigenvalue weighted by atomic mass is 16.2. The topological polar surface area (TPSA) is 96.2 Å². The quantitative estimate of drug-likeness (QED) is 0.261. The van der Waals surface area contributed by atoms with Crippen molar-refractivity contribution < 1.29 is 9.59 Å². The first-order valence-corrected chi connectivity index (χ1v) is 7.32. The molecule has 0 spiro atoms. The molecule has 1 heterocycles. The molecule has 20 heavy (non-hydrogen) atoms. The molecular formula is C14H28N4O2. The second-order valence-corrected chi connectivity index (χ2v) is 6.36. The van der Waals surface area contributed by atoms with Crippen LogP contribution >= 0.6 is 0 Å². The van der Waals surface area contributed by atoms with Gasteiger partial charge in [-0.2, -0.15) is 0 Å². The summed E-state index contributed by atoms with van der Waals surface area (Å²) in [5, 5.41) is 6.55. The van der Waals surface area contributed by atoms with E-state index in [0.29, 0.717) is 0 Å². The molecule has 4 unspecified atom stereocenters. The number of carbonyl (C=O) groups excluding carboxylic acids is 2. The molecule has 116 valence electrons. The van der Waals surface area contributed by atoms with Crippen LogP contribution in [-0.2, 0) is 9.59 Å². The van der Waals surface area contributed by atoms with Gasteiger partial charge in [0.05, 0.1) is 0 Å². The van der Waals surface area contributed by atoms with Gasteiger partial charge in [0.25, 0.3) is 0 Å². The summed E-state index contributed by atoms with van der Waals surface area (Å²) in [5.74, 6) is 3.76. The molecule has 0 aromatic rings. The normalized spacial score (nSPS) is 37.3. The first kappa shape index (κ1) is 16.9. The number of nitrogens with one attached hydrogen (secondary N) is 3. The molecule has 6 heteroatoms. The van der Waals surface area contributed by atoms with Crippen LogP contribution < -0.4 is 21.9 Å². The number of amides is 2. The average Bonchev–Trinajstić information content (AvgIpc) is 2.43. The van der Waals surface area contributed by atoms with Crippen LogP contribution in [0.4, 0.5) is 0 Å². The summed E-state index contributed by atoms with van der Waals surface area (Å²) in [5.41, 5.74) is 1.76. The standard InChI is InChI=1S/C14H28N4O2/c1-6-13(4)8-10(16-11(19)12(20)17-15)9(3)14(5,7-2)18-13/h9-10,18H,6-8,15H2,1-5H3,(H,16,19)(H,17,20). The van der Waals surface area contributed by atoms with Crippen molar-refractivity contribution in [1.29, 1.82) is 0 Å². The third kappa shape index (κ3) is 3.30. The fourth-order valence-corrected chi connectivity index (χ4v) is 3.08. The van der Waals surface area contributed by atoms with E-state index in [1.165, 1.54) is 0 Å². The van der Waals surface area contributed by atoms with Gasteiger partial charge in [-0.05, 0) is 39.0 Å². The van der Waals surface area contributed by atoms with E-state index in [1.54, 1.807) is 0 Å². The summed E-state index contributed by atoms with van der Waals surface area (Å²) in [4.78, 5) is 23.1. The van der Waals surface area contributed by atoms with Crippen LogP contribution in [0.25, 0.3) is 0 Å². The van der Waals surface area contributed by atoms with Crippen LogP contribution in [0.1, 0.15) is 53.9 Å². The molecule has 1 aliphatic rings. The maximum Gasteiger partial charge on any atom is 0.323 e. The Kier molecular flexibility index (Phi) is 5.15. The van der Waals surface area contributed by atoms with Gasteiger partial charge in [-0.3, -0.25) is 15.0 Å². The smallest absolute Gasteiger partial charge is 0.323 e. The molecule has 0 bridgehead atoms. The van der Waals surface area contributed by atoms with E-state index in [1.807, 2.05) is 5.43 Å². The van der Waals surface area contributed by atoms with Gasteiger partial charge >= 0.3 is 11.8 Å². The van der Waals surface area contributed by atoms with Crippen LogP contribution in [0.3, 0.4) is 0 Å². The predicted octanol–water partition coefficient (Wildman–Crippen LogP) is 0.428. The largest absolute Gasteiger partial charge is 0.345 e. The number of piperidine rings is 1. The Morgan fingerprint density at radius 1 is 1.25 bits per heavy atom. The molecule has 4 atom stereocenters. The van der Waals surface area contributed by atoms with E-state index >= 15 is 0 Å². The van der Waals surface area contributed by atoms with Crippen LogP contribution in [0, 0.1) is 5.92 Å². The molecule has 6 nitrogen and oxygen atoms in total. The van der Waals surface area contributed by atoms with Crippen LogP contribution in [0.5, 0.6) is 0 Å². The van der Waals surface area contributed by atoms with Crippen molar-refractivity contribution >= 4 is 11.8 Å². The van der Waals surface area contributed by atoms with Crippen molar-refractivity contribution in [2.45, 2.75) is 71.0 Å². The van der Waals surface area contributed by atoms with Crippen molar-refractivity contribution in [2.24, 2.45) is 11.8 Å². The van der Waals surface area contributed by atoms with E-state index in [0.717, 1.165) is 19.3 Å². The molecule has 0 saturated carbocycles. The molecule has 1 fully saturated rings. The lowest BCUT2D eigenvalue weighted by Crippen LogP contribution is -2.69. The fourth-order valence-electron chi connectivity index (χ4n) is 3.08. The van der Waals surface area contributed by atoms with Gasteiger partial charge in [-0.25, -0.2) is 5.84 Å². The van der Waals surface area contributed by atoms with Crippen LogP contribution in [-0.4, -0.2) is 28.9 Å². The number of hydrogen-bond acceptors (Lipinski definition) is 4. The minimum atomic E-state index is -0.799. The van der Waals surface area contributed by atoms with E-state index in [-0.39, 0.29) is 23.0 Å². The Labute approximate surface area is 121 Å². The molecular weight excluding hydrogens is 256 g/mol. The first-order valence-electron chi connectivity index (χ1n) is 7.32. The lowest BCUT2D eigenvalue weighted by molar-refractivity contribution is -0.140. The zero-order valence-electron chi connectivity index (χ0n) is 13.2. The summed E-state index contributed by atoms with van der Waals surface area (Å²) in [6.07, 6.45) is 2.72. The molecule has 5 N–H and O–H groups in total. The third-order valence-electron chi connectivity index (χ3n) is 5.03. The van der Waals surface area contributed by atoms with Crippen molar-refractivity contribution in [3.63, 3.8) is 0 Å². The summed E-state index contributed by atoms with van der Waals surface area (Å²) in [7, 11) is 0. The Morgan fingerprint density at radius 2 is 1.85 bits per heavy atom. The summed E-state index contributed by atoms with van der Waals surface area (Å²) in [6, 6.07) is -0.0454. The van der Waals surface area contributed by atoms with Gasteiger partial charge in [0.1, 0.15) is 0 Å². The Morgan fingerprint density at radius 3 is 2.30 bits per heavy atom. The van der Waals surface area contributed by atoms with E-state index < -0.39 is 11.8 Å². The molecule has 0 aliphatic carbocycles. The molecule has 1 saturated heterocycles. The van der Waals surface area contributed by atoms with Crippen molar-refractivity contribution in [3.8, 4) is 0 Å². The van der Waals surface area contributed by atoms with Gasteiger partial charge in [-0.1, -0.05) is 20.8 Å². The van der Waals surface area contributed by atoms with Crippen molar-refractivity contribution in [3.05, 3.63) is 0 Å². The second kappa shape index (κ2) is 6.10. The average molecular weight is 284 g/mol. The minimum Gasteiger partial charge on any atom is -0.345 e. The molecule has 1 aliphatic heterocycles. The van der Waals surface area contributed by atoms with Crippen molar-refractivity contribution in [1.82, 2.24) is 16.1 Å². The second-order valence-electron chi connectivity index (χ2n) is 6.36. The molecule has 0 aromatic heterocycles. The number of hydrazine groups is 1. The van der Waals surface area contributed by atoms with E-state index in [9.17, 15) is 9.59 Å². The highest BCUT2D eigenvalue weighted by molar-refractivity contribution is 6.34. The minimum absolute atomic E-state index is 0.0454. The number of rotatable bonds is 3. The van der Waals surface area contributed by atoms with Gasteiger partial charge in [-0.15, -0.1) is 0 Å². The fraction of sp³-hybridized carbons (Fsp3) is 0.857. The van der Waals surface area contributed by atoms with Crippen LogP contribution in [0.15, 0.2) is 0 Å². The van der Waals surface area contributed by atoms with Crippen LogP contribution in [0.2, 0.25) is 0 Å². The predicted molar refractivity (Wildman–Crippen MR) is 78.6 cm³/mol. The molecule has 0 radical (unpaired) electrons. The zero-order chi connectivity index (χ0) is 15.6. The van der Waals surface area contributed by atoms with E-state index in [2.05, 4.69) is 45.3 Å². The lowest BCUT2D eigenvalue weighted by Gasteiger charge is -2.53. The lowest BCUT2D eigenvalue weighted by atomic mass is 9.69. The summed E-state index contributed by atoms with van der Waals surface area (Å²) < 4.78 is 0. The number of nitrogens with two attached hydrogens (primary N) is 1. The highest BCUT2D eigenvalue weighted by Crippen LogP contribution is 2.37. The van der Waals surface area contributed by atoms with Gasteiger partial charge < -0.3 is 10.6 Å². The molecule has 1 rings (SSSR count). The van der Waals surface area contributed by atoms with Gasteiger partial charge in [0, 0.05) is 17.1 Å². The maximum atomic E-state index is 11.8. The maximum absolute atomic E-state index is 11.8. The molecule has 0 aromatic carbocycles. The first-order chi connectivity index (χ1) is 9.21. The monoisotopic (exact) mass is 284 g/mol.